The predicted octanol–water partition coefficient (Wildman–Crippen LogP) is 3.61. The number of thiophene rings is 1. The van der Waals surface area contributed by atoms with Crippen LogP contribution in [0.2, 0.25) is 0 Å². The molecule has 8 nitrogen and oxygen atoms in total. The molecule has 9 heteroatoms. The number of aromatic nitrogens is 5. The van der Waals surface area contributed by atoms with E-state index in [9.17, 15) is 9.59 Å². The second-order valence-corrected chi connectivity index (χ2v) is 8.37. The molecule has 32 heavy (non-hydrogen) atoms. The minimum Gasteiger partial charge on any atom is -0.495 e. The fourth-order valence-electron chi connectivity index (χ4n) is 3.80. The van der Waals surface area contributed by atoms with Gasteiger partial charge >= 0.3 is 5.69 Å². The molecule has 0 aliphatic heterocycles. The summed E-state index contributed by atoms with van der Waals surface area (Å²) in [5.74, 6) is 0.679. The lowest BCUT2D eigenvalue weighted by molar-refractivity contribution is 0.413. The molecule has 0 radical (unpaired) electrons. The normalized spacial score (nSPS) is 11.2. The van der Waals surface area contributed by atoms with Crippen LogP contribution in [0.15, 0.2) is 64.8 Å². The number of hydrogen-bond donors (Lipinski definition) is 1. The standard InChI is InChI=1S/C23H19N5O3S/c1-13-11-27(12-25-13)17-7-6-15(9-18(17)31-3)20-14(2)19-21(32-20)26-23(30)28(22(19)29)16-5-4-8-24-10-16/h4-12H,1-3H3,(H,26,30). The van der Waals surface area contributed by atoms with Gasteiger partial charge in [-0.3, -0.25) is 14.8 Å². The van der Waals surface area contributed by atoms with Crippen molar-refractivity contribution in [3.63, 3.8) is 0 Å². The van der Waals surface area contributed by atoms with Crippen molar-refractivity contribution in [3.05, 3.63) is 87.3 Å². The molecule has 0 unspecified atom stereocenters. The third-order valence-electron chi connectivity index (χ3n) is 5.32. The van der Waals surface area contributed by atoms with Crippen molar-refractivity contribution < 1.29 is 4.74 Å². The van der Waals surface area contributed by atoms with Crippen LogP contribution in [0.25, 0.3) is 32.0 Å². The topological polar surface area (TPSA) is 94.8 Å². The molecule has 5 rings (SSSR count). The monoisotopic (exact) mass is 445 g/mol. The van der Waals surface area contributed by atoms with Gasteiger partial charge in [-0.05, 0) is 49.2 Å². The fraction of sp³-hybridized carbons (Fsp3) is 0.130. The molecule has 0 aliphatic carbocycles. The average Bonchev–Trinajstić information content (AvgIpc) is 3.37. The molecule has 0 bridgehead atoms. The van der Waals surface area contributed by atoms with Crippen LogP contribution in [-0.2, 0) is 0 Å². The van der Waals surface area contributed by atoms with Crippen molar-refractivity contribution in [3.8, 4) is 27.6 Å². The summed E-state index contributed by atoms with van der Waals surface area (Å²) in [6.45, 7) is 3.82. The SMILES string of the molecule is COc1cc(-c2sc3[nH]c(=O)n(-c4cccnc4)c(=O)c3c2C)ccc1-n1cnc(C)c1. The Bertz CT molecular complexity index is 1580. The summed E-state index contributed by atoms with van der Waals surface area (Å²) in [5.41, 5.74) is 3.04. The number of ether oxygens (including phenoxy) is 1. The van der Waals surface area contributed by atoms with Crippen molar-refractivity contribution in [1.82, 2.24) is 24.1 Å². The van der Waals surface area contributed by atoms with Crippen LogP contribution in [0.3, 0.4) is 0 Å². The van der Waals surface area contributed by atoms with Gasteiger partial charge in [0.1, 0.15) is 10.6 Å². The average molecular weight is 446 g/mol. The highest BCUT2D eigenvalue weighted by molar-refractivity contribution is 7.22. The fourth-order valence-corrected chi connectivity index (χ4v) is 4.98. The molecule has 0 atom stereocenters. The zero-order valence-corrected chi connectivity index (χ0v) is 18.4. The molecule has 5 aromatic rings. The van der Waals surface area contributed by atoms with E-state index in [2.05, 4.69) is 15.0 Å². The number of H-pyrrole nitrogens is 1. The molecule has 1 N–H and O–H groups in total. The number of methoxy groups -OCH3 is 1. The van der Waals surface area contributed by atoms with Gasteiger partial charge in [-0.1, -0.05) is 6.07 Å². The summed E-state index contributed by atoms with van der Waals surface area (Å²) < 4.78 is 8.65. The first kappa shape index (κ1) is 20.0. The molecule has 0 amide bonds. The summed E-state index contributed by atoms with van der Waals surface area (Å²) in [5, 5.41) is 0.488. The number of fused-ring (bicyclic) bond motifs is 1. The Kier molecular flexibility index (Phi) is 4.75. The van der Waals surface area contributed by atoms with Crippen molar-refractivity contribution in [2.75, 3.05) is 7.11 Å². The van der Waals surface area contributed by atoms with E-state index in [1.54, 1.807) is 31.8 Å². The van der Waals surface area contributed by atoms with Crippen molar-refractivity contribution in [2.45, 2.75) is 13.8 Å². The van der Waals surface area contributed by atoms with Crippen LogP contribution in [0.1, 0.15) is 11.3 Å². The highest BCUT2D eigenvalue weighted by Gasteiger charge is 2.19. The number of hydrogen-bond acceptors (Lipinski definition) is 6. The third kappa shape index (κ3) is 3.14. The summed E-state index contributed by atoms with van der Waals surface area (Å²) >= 11 is 1.37. The molecular formula is C23H19N5O3S. The Morgan fingerprint density at radius 1 is 1.16 bits per heavy atom. The first-order chi connectivity index (χ1) is 15.5. The second kappa shape index (κ2) is 7.61. The Labute approximate surface area is 186 Å². The van der Waals surface area contributed by atoms with E-state index in [1.165, 1.54) is 17.5 Å². The smallest absolute Gasteiger partial charge is 0.334 e. The first-order valence-corrected chi connectivity index (χ1v) is 10.7. The number of nitrogens with zero attached hydrogens (tertiary/aromatic N) is 4. The number of aromatic amines is 1. The Morgan fingerprint density at radius 3 is 2.69 bits per heavy atom. The van der Waals surface area contributed by atoms with E-state index in [1.807, 2.05) is 42.8 Å². The lowest BCUT2D eigenvalue weighted by Gasteiger charge is -2.11. The van der Waals surface area contributed by atoms with Gasteiger partial charge in [0, 0.05) is 17.3 Å². The maximum Gasteiger partial charge on any atom is 0.334 e. The Morgan fingerprint density at radius 2 is 2.00 bits per heavy atom. The van der Waals surface area contributed by atoms with Gasteiger partial charge < -0.3 is 9.30 Å². The number of rotatable bonds is 4. The van der Waals surface area contributed by atoms with E-state index in [0.29, 0.717) is 21.7 Å². The summed E-state index contributed by atoms with van der Waals surface area (Å²) in [4.78, 5) is 38.5. The highest BCUT2D eigenvalue weighted by atomic mass is 32.1. The quantitative estimate of drug-likeness (QED) is 0.456. The predicted molar refractivity (Wildman–Crippen MR) is 124 cm³/mol. The number of imidazole rings is 1. The maximum absolute atomic E-state index is 13.3. The van der Waals surface area contributed by atoms with E-state index in [0.717, 1.165) is 32.0 Å². The summed E-state index contributed by atoms with van der Waals surface area (Å²) in [7, 11) is 1.62. The van der Waals surface area contributed by atoms with Gasteiger partial charge in [0.05, 0.1) is 42.1 Å². The largest absolute Gasteiger partial charge is 0.495 e. The Balaban J connectivity index is 1.69. The molecule has 0 spiro atoms. The van der Waals surface area contributed by atoms with Gasteiger partial charge in [-0.25, -0.2) is 14.3 Å². The van der Waals surface area contributed by atoms with Crippen LogP contribution in [0, 0.1) is 13.8 Å². The molecule has 1 aromatic carbocycles. The summed E-state index contributed by atoms with van der Waals surface area (Å²) in [6, 6.07) is 9.23. The third-order valence-corrected chi connectivity index (χ3v) is 6.58. The maximum atomic E-state index is 13.3. The number of aryl methyl sites for hydroxylation is 2. The highest BCUT2D eigenvalue weighted by Crippen LogP contribution is 2.38. The Hall–Kier alpha value is -3.98. The lowest BCUT2D eigenvalue weighted by atomic mass is 10.1. The van der Waals surface area contributed by atoms with Gasteiger partial charge in [-0.15, -0.1) is 11.3 Å². The summed E-state index contributed by atoms with van der Waals surface area (Å²) in [6.07, 6.45) is 6.75. The molecule has 160 valence electrons. The molecule has 0 saturated heterocycles. The van der Waals surface area contributed by atoms with Gasteiger partial charge in [0.25, 0.3) is 5.56 Å². The van der Waals surface area contributed by atoms with Gasteiger partial charge in [0.15, 0.2) is 0 Å². The molecule has 0 saturated carbocycles. The minimum absolute atomic E-state index is 0.366. The minimum atomic E-state index is -0.494. The number of benzene rings is 1. The molecule has 0 aliphatic rings. The zero-order chi connectivity index (χ0) is 22.4. The van der Waals surface area contributed by atoms with E-state index < -0.39 is 5.69 Å². The molecule has 0 fully saturated rings. The number of pyridine rings is 1. The number of nitrogens with one attached hydrogen (secondary N) is 1. The van der Waals surface area contributed by atoms with Gasteiger partial charge in [0.2, 0.25) is 0 Å². The van der Waals surface area contributed by atoms with Gasteiger partial charge in [-0.2, -0.15) is 0 Å². The zero-order valence-electron chi connectivity index (χ0n) is 17.6. The molecule has 4 heterocycles. The van der Waals surface area contributed by atoms with E-state index in [4.69, 9.17) is 4.74 Å². The molecule has 4 aromatic heterocycles. The van der Waals surface area contributed by atoms with Crippen LogP contribution in [-0.4, -0.2) is 31.2 Å². The van der Waals surface area contributed by atoms with Crippen LogP contribution >= 0.6 is 11.3 Å². The van der Waals surface area contributed by atoms with Crippen LogP contribution in [0.4, 0.5) is 0 Å². The van der Waals surface area contributed by atoms with Crippen molar-refractivity contribution in [2.24, 2.45) is 0 Å². The van der Waals surface area contributed by atoms with E-state index in [-0.39, 0.29) is 5.56 Å². The second-order valence-electron chi connectivity index (χ2n) is 7.35. The first-order valence-electron chi connectivity index (χ1n) is 9.86. The molecular weight excluding hydrogens is 426 g/mol. The van der Waals surface area contributed by atoms with E-state index >= 15 is 0 Å². The van der Waals surface area contributed by atoms with Crippen LogP contribution in [0.5, 0.6) is 5.75 Å². The lowest BCUT2D eigenvalue weighted by Crippen LogP contribution is -2.33. The van der Waals surface area contributed by atoms with Crippen LogP contribution < -0.4 is 16.0 Å². The van der Waals surface area contributed by atoms with Crippen molar-refractivity contribution in [1.29, 1.82) is 0 Å². The van der Waals surface area contributed by atoms with Crippen molar-refractivity contribution >= 4 is 21.6 Å².